The van der Waals surface area contributed by atoms with Gasteiger partial charge < -0.3 is 15.2 Å². The van der Waals surface area contributed by atoms with Gasteiger partial charge >= 0.3 is 6.03 Å². The molecule has 0 saturated carbocycles. The maximum absolute atomic E-state index is 11.9. The summed E-state index contributed by atoms with van der Waals surface area (Å²) in [6, 6.07) is 5.51. The fraction of sp³-hybridized carbons (Fsp3) is 0.357. The van der Waals surface area contributed by atoms with Crippen LogP contribution in [-0.2, 0) is 13.0 Å². The third-order valence-electron chi connectivity index (χ3n) is 3.49. The Balaban J connectivity index is 1.58. The number of rotatable bonds is 3. The Hall–Kier alpha value is -2.08. The Morgan fingerprint density at radius 2 is 2.38 bits per heavy atom. The molecule has 7 heteroatoms. The van der Waals surface area contributed by atoms with E-state index < -0.39 is 0 Å². The predicted molar refractivity (Wildman–Crippen MR) is 76.9 cm³/mol. The summed E-state index contributed by atoms with van der Waals surface area (Å²) in [5.41, 5.74) is 2.21. The van der Waals surface area contributed by atoms with Crippen molar-refractivity contribution in [3.63, 3.8) is 0 Å². The van der Waals surface area contributed by atoms with E-state index in [0.29, 0.717) is 11.7 Å². The molecule has 0 bridgehead atoms. The fourth-order valence-corrected chi connectivity index (χ4v) is 2.81. The van der Waals surface area contributed by atoms with Crippen LogP contribution in [0.15, 0.2) is 22.7 Å². The van der Waals surface area contributed by atoms with E-state index in [9.17, 15) is 4.79 Å². The maximum atomic E-state index is 11.9. The first-order valence-electron chi connectivity index (χ1n) is 6.74. The van der Waals surface area contributed by atoms with Crippen LogP contribution < -0.4 is 10.6 Å². The molecule has 1 unspecified atom stereocenters. The van der Waals surface area contributed by atoms with Crippen molar-refractivity contribution < 1.29 is 9.32 Å². The first kappa shape index (κ1) is 13.9. The molecule has 1 heterocycles. The molecule has 1 atom stereocenters. The largest absolute Gasteiger partial charge is 0.337 e. The molecule has 3 rings (SSSR count). The van der Waals surface area contributed by atoms with Gasteiger partial charge in [0.2, 0.25) is 5.89 Å². The minimum atomic E-state index is -0.260. The van der Waals surface area contributed by atoms with Gasteiger partial charge in [0, 0.05) is 5.02 Å². The van der Waals surface area contributed by atoms with Gasteiger partial charge in [-0.15, -0.1) is 0 Å². The Labute approximate surface area is 126 Å². The lowest BCUT2D eigenvalue weighted by Gasteiger charge is -2.14. The molecule has 21 heavy (non-hydrogen) atoms. The summed E-state index contributed by atoms with van der Waals surface area (Å²) >= 11 is 6.16. The first-order chi connectivity index (χ1) is 10.1. The standard InChI is InChI=1S/C14H15ClN4O2/c1-8-17-13(21-19-8)7-16-14(20)18-12-6-5-9-10(12)3-2-4-11(9)15/h2-4,12H,5-7H2,1H3,(H2,16,18,20). The number of carbonyl (C=O) groups excluding carboxylic acids is 1. The summed E-state index contributed by atoms with van der Waals surface area (Å²) in [6.45, 7) is 1.94. The second-order valence-corrected chi connectivity index (χ2v) is 5.37. The van der Waals surface area contributed by atoms with E-state index in [1.807, 2.05) is 18.2 Å². The van der Waals surface area contributed by atoms with Crippen LogP contribution in [0.25, 0.3) is 0 Å². The molecule has 110 valence electrons. The van der Waals surface area contributed by atoms with Crippen LogP contribution >= 0.6 is 11.6 Å². The SMILES string of the molecule is Cc1noc(CNC(=O)NC2CCc3c(Cl)cccc32)n1. The van der Waals surface area contributed by atoms with Gasteiger partial charge in [0.15, 0.2) is 5.82 Å². The van der Waals surface area contributed by atoms with Crippen molar-refractivity contribution in [2.75, 3.05) is 0 Å². The number of halogens is 1. The average Bonchev–Trinajstić information content (AvgIpc) is 3.05. The summed E-state index contributed by atoms with van der Waals surface area (Å²) in [5.74, 6) is 0.934. The molecular weight excluding hydrogens is 292 g/mol. The number of aromatic nitrogens is 2. The Kier molecular flexibility index (Phi) is 3.79. The van der Waals surface area contributed by atoms with E-state index in [1.54, 1.807) is 6.92 Å². The number of nitrogens with one attached hydrogen (secondary N) is 2. The highest BCUT2D eigenvalue weighted by atomic mass is 35.5. The third-order valence-corrected chi connectivity index (χ3v) is 3.84. The first-order valence-corrected chi connectivity index (χ1v) is 7.12. The number of urea groups is 1. The highest BCUT2D eigenvalue weighted by Crippen LogP contribution is 2.35. The molecule has 0 spiro atoms. The van der Waals surface area contributed by atoms with E-state index in [0.717, 1.165) is 29.0 Å². The molecule has 1 aliphatic rings. The van der Waals surface area contributed by atoms with Gasteiger partial charge in [0.05, 0.1) is 12.6 Å². The van der Waals surface area contributed by atoms with Crippen LogP contribution in [0, 0.1) is 6.92 Å². The van der Waals surface area contributed by atoms with E-state index in [1.165, 1.54) is 0 Å². The molecule has 2 amide bonds. The summed E-state index contributed by atoms with van der Waals surface area (Å²) in [5, 5.41) is 10.1. The molecule has 0 radical (unpaired) electrons. The molecule has 0 saturated heterocycles. The van der Waals surface area contributed by atoms with Crippen LogP contribution in [0.1, 0.15) is 35.3 Å². The number of benzene rings is 1. The number of amides is 2. The Morgan fingerprint density at radius 3 is 3.14 bits per heavy atom. The van der Waals surface area contributed by atoms with Crippen molar-refractivity contribution >= 4 is 17.6 Å². The topological polar surface area (TPSA) is 80.0 Å². The lowest BCUT2D eigenvalue weighted by molar-refractivity contribution is 0.234. The van der Waals surface area contributed by atoms with Gasteiger partial charge in [0.25, 0.3) is 0 Å². The van der Waals surface area contributed by atoms with Crippen molar-refractivity contribution in [3.05, 3.63) is 46.1 Å². The highest BCUT2D eigenvalue weighted by molar-refractivity contribution is 6.31. The smallest absolute Gasteiger partial charge is 0.315 e. The summed E-state index contributed by atoms with van der Waals surface area (Å²) in [6.07, 6.45) is 1.73. The molecule has 2 aromatic rings. The number of carbonyl (C=O) groups is 1. The van der Waals surface area contributed by atoms with Crippen LogP contribution in [0.3, 0.4) is 0 Å². The normalized spacial score (nSPS) is 16.6. The fourth-order valence-electron chi connectivity index (χ4n) is 2.54. The average molecular weight is 307 g/mol. The third kappa shape index (κ3) is 3.00. The van der Waals surface area contributed by atoms with E-state index in [-0.39, 0.29) is 18.6 Å². The number of nitrogens with zero attached hydrogens (tertiary/aromatic N) is 2. The van der Waals surface area contributed by atoms with Crippen LogP contribution in [0.4, 0.5) is 4.79 Å². The second kappa shape index (κ2) is 5.73. The molecule has 1 aliphatic carbocycles. The monoisotopic (exact) mass is 306 g/mol. The summed E-state index contributed by atoms with van der Waals surface area (Å²) < 4.78 is 4.94. The molecule has 2 N–H and O–H groups in total. The van der Waals surface area contributed by atoms with E-state index >= 15 is 0 Å². The van der Waals surface area contributed by atoms with Crippen molar-refractivity contribution in [2.24, 2.45) is 0 Å². The Morgan fingerprint density at radius 1 is 1.52 bits per heavy atom. The van der Waals surface area contributed by atoms with Gasteiger partial charge in [-0.1, -0.05) is 28.9 Å². The van der Waals surface area contributed by atoms with Crippen molar-refractivity contribution in [1.82, 2.24) is 20.8 Å². The Bertz CT molecular complexity index is 671. The van der Waals surface area contributed by atoms with Crippen molar-refractivity contribution in [1.29, 1.82) is 0 Å². The van der Waals surface area contributed by atoms with Gasteiger partial charge in [-0.2, -0.15) is 4.98 Å². The zero-order chi connectivity index (χ0) is 14.8. The molecule has 0 fully saturated rings. The number of fused-ring (bicyclic) bond motifs is 1. The molecule has 1 aromatic heterocycles. The zero-order valence-electron chi connectivity index (χ0n) is 11.5. The summed E-state index contributed by atoms with van der Waals surface area (Å²) in [7, 11) is 0. The van der Waals surface area contributed by atoms with E-state index in [4.69, 9.17) is 16.1 Å². The number of aryl methyl sites for hydroxylation is 1. The van der Waals surface area contributed by atoms with E-state index in [2.05, 4.69) is 20.8 Å². The second-order valence-electron chi connectivity index (χ2n) is 4.96. The quantitative estimate of drug-likeness (QED) is 0.913. The van der Waals surface area contributed by atoms with Gasteiger partial charge in [-0.25, -0.2) is 4.79 Å². The lowest BCUT2D eigenvalue weighted by atomic mass is 10.1. The van der Waals surface area contributed by atoms with Gasteiger partial charge in [-0.05, 0) is 37.0 Å². The van der Waals surface area contributed by atoms with Crippen molar-refractivity contribution in [2.45, 2.75) is 32.4 Å². The lowest BCUT2D eigenvalue weighted by Crippen LogP contribution is -2.37. The highest BCUT2D eigenvalue weighted by Gasteiger charge is 2.25. The predicted octanol–water partition coefficient (Wildman–Crippen LogP) is 2.52. The van der Waals surface area contributed by atoms with Crippen LogP contribution in [0.5, 0.6) is 0 Å². The van der Waals surface area contributed by atoms with Gasteiger partial charge in [-0.3, -0.25) is 0 Å². The maximum Gasteiger partial charge on any atom is 0.315 e. The molecule has 0 aliphatic heterocycles. The minimum absolute atomic E-state index is 0.0110. The van der Waals surface area contributed by atoms with Gasteiger partial charge in [0.1, 0.15) is 0 Å². The number of hydrogen-bond acceptors (Lipinski definition) is 4. The minimum Gasteiger partial charge on any atom is -0.337 e. The molecule has 1 aromatic carbocycles. The van der Waals surface area contributed by atoms with Crippen LogP contribution in [-0.4, -0.2) is 16.2 Å². The summed E-state index contributed by atoms with van der Waals surface area (Å²) in [4.78, 5) is 16.0. The zero-order valence-corrected chi connectivity index (χ0v) is 12.3. The van der Waals surface area contributed by atoms with Crippen LogP contribution in [0.2, 0.25) is 5.02 Å². The number of hydrogen-bond donors (Lipinski definition) is 2. The van der Waals surface area contributed by atoms with Crippen molar-refractivity contribution in [3.8, 4) is 0 Å². The molecular formula is C14H15ClN4O2. The molecule has 6 nitrogen and oxygen atoms in total.